The molecule has 0 radical (unpaired) electrons. The zero-order chi connectivity index (χ0) is 19.2. The van der Waals surface area contributed by atoms with Gasteiger partial charge in [0.05, 0.1) is 30.5 Å². The van der Waals surface area contributed by atoms with E-state index in [0.717, 1.165) is 17.0 Å². The molecule has 0 bridgehead atoms. The van der Waals surface area contributed by atoms with Crippen LogP contribution >= 0.6 is 11.3 Å². The Bertz CT molecular complexity index is 789. The maximum Gasteiger partial charge on any atom is 0.337 e. The standard InChI is InChI=1S/C21H26N2O3S/c1-14-6-3-4-8-17(14)22-18-10-9-15(21(25)26-2)12-19(18)23-20(24)13-16-7-5-11-27-16/h5,7,9-12,14,17,22H,3-4,6,8,13H2,1-2H3,(H,23,24)/t14-,17?/m1/s1. The van der Waals surface area contributed by atoms with Gasteiger partial charge in [-0.1, -0.05) is 25.8 Å². The van der Waals surface area contributed by atoms with Crippen LogP contribution in [-0.2, 0) is 16.0 Å². The number of carbonyl (C=O) groups excluding carboxylic acids is 2. The maximum atomic E-state index is 12.5. The molecular weight excluding hydrogens is 360 g/mol. The Labute approximate surface area is 164 Å². The number of benzene rings is 1. The van der Waals surface area contributed by atoms with Gasteiger partial charge in [-0.25, -0.2) is 4.79 Å². The van der Waals surface area contributed by atoms with E-state index in [4.69, 9.17) is 4.74 Å². The Hall–Kier alpha value is -2.34. The van der Waals surface area contributed by atoms with Crippen molar-refractivity contribution < 1.29 is 14.3 Å². The van der Waals surface area contributed by atoms with Crippen LogP contribution in [0, 0.1) is 5.92 Å². The molecule has 1 aliphatic rings. The number of ether oxygens (including phenoxy) is 1. The highest BCUT2D eigenvalue weighted by molar-refractivity contribution is 7.10. The van der Waals surface area contributed by atoms with Gasteiger partial charge in [-0.2, -0.15) is 0 Å². The number of carbonyl (C=O) groups is 2. The van der Waals surface area contributed by atoms with Crippen molar-refractivity contribution in [3.8, 4) is 0 Å². The molecule has 2 aromatic rings. The second kappa shape index (κ2) is 9.04. The summed E-state index contributed by atoms with van der Waals surface area (Å²) in [6, 6.07) is 9.52. The molecule has 5 nitrogen and oxygen atoms in total. The van der Waals surface area contributed by atoms with Crippen LogP contribution < -0.4 is 10.6 Å². The predicted octanol–water partition coefficient (Wildman–Crippen LogP) is 4.71. The van der Waals surface area contributed by atoms with E-state index in [9.17, 15) is 9.59 Å². The largest absolute Gasteiger partial charge is 0.465 e. The zero-order valence-electron chi connectivity index (χ0n) is 15.8. The van der Waals surface area contributed by atoms with Crippen molar-refractivity contribution in [3.05, 3.63) is 46.2 Å². The van der Waals surface area contributed by atoms with Crippen molar-refractivity contribution in [2.24, 2.45) is 5.92 Å². The molecule has 1 saturated carbocycles. The Morgan fingerprint density at radius 3 is 2.70 bits per heavy atom. The summed E-state index contributed by atoms with van der Waals surface area (Å²) < 4.78 is 4.82. The normalized spacial score (nSPS) is 19.3. The van der Waals surface area contributed by atoms with E-state index in [1.807, 2.05) is 23.6 Å². The lowest BCUT2D eigenvalue weighted by atomic mass is 9.86. The highest BCUT2D eigenvalue weighted by Crippen LogP contribution is 2.31. The van der Waals surface area contributed by atoms with E-state index >= 15 is 0 Å². The van der Waals surface area contributed by atoms with Crippen LogP contribution in [0.1, 0.15) is 47.8 Å². The van der Waals surface area contributed by atoms with Crippen molar-refractivity contribution in [3.63, 3.8) is 0 Å². The number of hydrogen-bond donors (Lipinski definition) is 2. The molecule has 27 heavy (non-hydrogen) atoms. The van der Waals surface area contributed by atoms with Crippen LogP contribution in [0.15, 0.2) is 35.7 Å². The van der Waals surface area contributed by atoms with Gasteiger partial charge in [0.25, 0.3) is 0 Å². The van der Waals surface area contributed by atoms with Gasteiger partial charge in [-0.15, -0.1) is 11.3 Å². The summed E-state index contributed by atoms with van der Waals surface area (Å²) in [7, 11) is 1.35. The number of anilines is 2. The molecule has 0 spiro atoms. The second-order valence-electron chi connectivity index (χ2n) is 7.07. The van der Waals surface area contributed by atoms with Gasteiger partial charge >= 0.3 is 5.97 Å². The molecule has 1 unspecified atom stereocenters. The Kier molecular flexibility index (Phi) is 6.50. The first kappa shape index (κ1) is 19.4. The Morgan fingerprint density at radius 2 is 2.00 bits per heavy atom. The quantitative estimate of drug-likeness (QED) is 0.706. The molecule has 3 rings (SSSR count). The summed E-state index contributed by atoms with van der Waals surface area (Å²) >= 11 is 1.56. The molecule has 1 aromatic heterocycles. The van der Waals surface area contributed by atoms with E-state index in [0.29, 0.717) is 29.6 Å². The fourth-order valence-corrected chi connectivity index (χ4v) is 4.22. The fraction of sp³-hybridized carbons (Fsp3) is 0.429. The average molecular weight is 387 g/mol. The monoisotopic (exact) mass is 386 g/mol. The fourth-order valence-electron chi connectivity index (χ4n) is 3.51. The highest BCUT2D eigenvalue weighted by atomic mass is 32.1. The predicted molar refractivity (Wildman–Crippen MR) is 109 cm³/mol. The number of methoxy groups -OCH3 is 1. The van der Waals surface area contributed by atoms with Crippen molar-refractivity contribution in [1.82, 2.24) is 0 Å². The van der Waals surface area contributed by atoms with Crippen molar-refractivity contribution >= 4 is 34.6 Å². The van der Waals surface area contributed by atoms with E-state index in [2.05, 4.69) is 17.6 Å². The summed E-state index contributed by atoms with van der Waals surface area (Å²) in [6.07, 6.45) is 5.12. The van der Waals surface area contributed by atoms with E-state index in [1.165, 1.54) is 26.4 Å². The summed E-state index contributed by atoms with van der Waals surface area (Å²) in [5.74, 6) is 0.0641. The van der Waals surface area contributed by atoms with Crippen LogP contribution in [0.2, 0.25) is 0 Å². The SMILES string of the molecule is COC(=O)c1ccc(NC2CCCC[C@H]2C)c(NC(=O)Cc2cccs2)c1. The van der Waals surface area contributed by atoms with Crippen LogP contribution in [0.5, 0.6) is 0 Å². The average Bonchev–Trinajstić information content (AvgIpc) is 3.17. The van der Waals surface area contributed by atoms with Gasteiger partial charge in [0.2, 0.25) is 5.91 Å². The van der Waals surface area contributed by atoms with Gasteiger partial charge in [0.15, 0.2) is 0 Å². The summed E-state index contributed by atoms with van der Waals surface area (Å²) in [5.41, 5.74) is 1.89. The third-order valence-corrected chi connectivity index (χ3v) is 5.96. The van der Waals surface area contributed by atoms with Crippen LogP contribution in [0.4, 0.5) is 11.4 Å². The molecule has 1 fully saturated rings. The molecule has 144 valence electrons. The molecular formula is C21H26N2O3S. The van der Waals surface area contributed by atoms with Crippen molar-refractivity contribution in [2.45, 2.75) is 45.1 Å². The molecule has 0 saturated heterocycles. The Morgan fingerprint density at radius 1 is 1.19 bits per heavy atom. The first-order chi connectivity index (χ1) is 13.1. The number of thiophene rings is 1. The minimum absolute atomic E-state index is 0.0980. The molecule has 1 amide bonds. The van der Waals surface area contributed by atoms with Crippen LogP contribution in [0.25, 0.3) is 0 Å². The Balaban J connectivity index is 1.80. The minimum atomic E-state index is -0.415. The van der Waals surface area contributed by atoms with Gasteiger partial charge in [-0.3, -0.25) is 4.79 Å². The third-order valence-electron chi connectivity index (χ3n) is 5.08. The molecule has 2 atom stereocenters. The number of nitrogens with one attached hydrogen (secondary N) is 2. The first-order valence-electron chi connectivity index (χ1n) is 9.38. The summed E-state index contributed by atoms with van der Waals surface area (Å²) in [4.78, 5) is 25.4. The molecule has 2 N–H and O–H groups in total. The van der Waals surface area contributed by atoms with Gasteiger partial charge in [0.1, 0.15) is 0 Å². The highest BCUT2D eigenvalue weighted by Gasteiger charge is 2.22. The maximum absolute atomic E-state index is 12.5. The van der Waals surface area contributed by atoms with Gasteiger partial charge < -0.3 is 15.4 Å². The molecule has 6 heteroatoms. The van der Waals surface area contributed by atoms with Crippen LogP contribution in [-0.4, -0.2) is 25.0 Å². The lowest BCUT2D eigenvalue weighted by Crippen LogP contribution is -2.31. The first-order valence-corrected chi connectivity index (χ1v) is 10.3. The third kappa shape index (κ3) is 5.10. The molecule has 1 aliphatic carbocycles. The summed E-state index contributed by atoms with van der Waals surface area (Å²) in [6.45, 7) is 2.26. The molecule has 1 aromatic carbocycles. The van der Waals surface area contributed by atoms with Crippen molar-refractivity contribution in [1.29, 1.82) is 0 Å². The summed E-state index contributed by atoms with van der Waals surface area (Å²) in [5, 5.41) is 8.51. The van der Waals surface area contributed by atoms with Crippen molar-refractivity contribution in [2.75, 3.05) is 17.7 Å². The van der Waals surface area contributed by atoms with E-state index in [-0.39, 0.29) is 5.91 Å². The molecule has 1 heterocycles. The number of hydrogen-bond acceptors (Lipinski definition) is 5. The number of rotatable bonds is 6. The second-order valence-corrected chi connectivity index (χ2v) is 8.10. The topological polar surface area (TPSA) is 67.4 Å². The zero-order valence-corrected chi connectivity index (χ0v) is 16.6. The molecule has 0 aliphatic heterocycles. The van der Waals surface area contributed by atoms with Gasteiger partial charge in [-0.05, 0) is 48.4 Å². The lowest BCUT2D eigenvalue weighted by Gasteiger charge is -2.31. The number of esters is 1. The minimum Gasteiger partial charge on any atom is -0.465 e. The smallest absolute Gasteiger partial charge is 0.337 e. The van der Waals surface area contributed by atoms with E-state index in [1.54, 1.807) is 23.5 Å². The lowest BCUT2D eigenvalue weighted by molar-refractivity contribution is -0.115. The van der Waals surface area contributed by atoms with Gasteiger partial charge in [0, 0.05) is 10.9 Å². The van der Waals surface area contributed by atoms with Crippen LogP contribution in [0.3, 0.4) is 0 Å². The van der Waals surface area contributed by atoms with E-state index < -0.39 is 5.97 Å². The number of amides is 1.